The van der Waals surface area contributed by atoms with Gasteiger partial charge in [-0.2, -0.15) is 9.97 Å². The van der Waals surface area contributed by atoms with Crippen LogP contribution in [0.3, 0.4) is 0 Å². The summed E-state index contributed by atoms with van der Waals surface area (Å²) in [7, 11) is 0. The number of alkyl halides is 1. The van der Waals surface area contributed by atoms with Gasteiger partial charge in [0.2, 0.25) is 5.88 Å². The van der Waals surface area contributed by atoms with E-state index in [2.05, 4.69) is 24.8 Å². The summed E-state index contributed by atoms with van der Waals surface area (Å²) in [4.78, 5) is 21.6. The fourth-order valence-corrected chi connectivity index (χ4v) is 6.97. The van der Waals surface area contributed by atoms with Gasteiger partial charge in [0.1, 0.15) is 47.6 Å². The van der Waals surface area contributed by atoms with Gasteiger partial charge in [-0.3, -0.25) is 4.90 Å². The zero-order valence-electron chi connectivity index (χ0n) is 21.4. The highest BCUT2D eigenvalue weighted by atomic mass is 32.1. The number of hydrogen-bond donors (Lipinski definition) is 2. The largest absolute Gasteiger partial charge is 0.475 e. The molecule has 0 bridgehead atoms. The average Bonchev–Trinajstić information content (AvgIpc) is 3.56. The van der Waals surface area contributed by atoms with Crippen LogP contribution >= 0.6 is 11.3 Å². The highest BCUT2D eigenvalue weighted by Crippen LogP contribution is 2.43. The molecule has 7 rings (SSSR count). The fraction of sp³-hybridized carbons (Fsp3) is 0.462. The molecular weight excluding hydrogens is 547 g/mol. The third-order valence-corrected chi connectivity index (χ3v) is 8.87. The van der Waals surface area contributed by atoms with Gasteiger partial charge in [-0.15, -0.1) is 0 Å². The molecule has 4 aromatic rings. The summed E-state index contributed by atoms with van der Waals surface area (Å²) in [6.07, 6.45) is 1.18. The third-order valence-electron chi connectivity index (χ3n) is 7.98. The molecule has 1 aromatic carbocycles. The molecule has 3 aromatic heterocycles. The van der Waals surface area contributed by atoms with E-state index < -0.39 is 23.3 Å². The van der Waals surface area contributed by atoms with E-state index in [1.165, 1.54) is 12.1 Å². The molecule has 3 N–H and O–H groups in total. The van der Waals surface area contributed by atoms with Crippen LogP contribution in [0.5, 0.6) is 11.9 Å². The number of aliphatic hydroxyl groups excluding tert-OH is 1. The minimum Gasteiger partial charge on any atom is -0.475 e. The Morgan fingerprint density at radius 1 is 1.18 bits per heavy atom. The van der Waals surface area contributed by atoms with E-state index in [-0.39, 0.29) is 75.8 Å². The van der Waals surface area contributed by atoms with Crippen molar-refractivity contribution < 1.29 is 27.8 Å². The van der Waals surface area contributed by atoms with Crippen LogP contribution in [0, 0.1) is 11.6 Å². The number of hydrogen-bond acceptors (Lipinski definition) is 11. The minimum atomic E-state index is -0.927. The number of aromatic nitrogens is 4. The molecule has 14 heteroatoms. The van der Waals surface area contributed by atoms with Crippen LogP contribution in [0.15, 0.2) is 12.1 Å². The monoisotopic (exact) mass is 573 g/mol. The second-order valence-electron chi connectivity index (χ2n) is 10.4. The topological polar surface area (TPSA) is 123 Å². The maximum atomic E-state index is 16.4. The number of nitrogens with two attached hydrogens (primary N) is 1. The first kappa shape index (κ1) is 25.5. The quantitative estimate of drug-likeness (QED) is 0.355. The predicted octanol–water partition coefficient (Wildman–Crippen LogP) is 3.31. The molecule has 10 nitrogen and oxygen atoms in total. The van der Waals surface area contributed by atoms with Crippen molar-refractivity contribution in [2.24, 2.45) is 0 Å². The maximum Gasteiger partial charge on any atom is 0.319 e. The summed E-state index contributed by atoms with van der Waals surface area (Å²) in [6.45, 7) is 1.93. The molecule has 210 valence electrons. The van der Waals surface area contributed by atoms with Gasteiger partial charge in [-0.25, -0.2) is 23.1 Å². The van der Waals surface area contributed by atoms with E-state index in [1.54, 1.807) is 4.90 Å². The van der Waals surface area contributed by atoms with Crippen molar-refractivity contribution in [1.82, 2.24) is 24.8 Å². The summed E-state index contributed by atoms with van der Waals surface area (Å²) in [5.74, 6) is -0.888. The Morgan fingerprint density at radius 3 is 2.90 bits per heavy atom. The Balaban J connectivity index is 1.38. The molecule has 0 unspecified atom stereocenters. The van der Waals surface area contributed by atoms with Gasteiger partial charge in [-0.1, -0.05) is 11.3 Å². The van der Waals surface area contributed by atoms with Crippen LogP contribution in [0.1, 0.15) is 19.3 Å². The lowest BCUT2D eigenvalue weighted by Gasteiger charge is -2.31. The zero-order valence-corrected chi connectivity index (χ0v) is 22.2. The summed E-state index contributed by atoms with van der Waals surface area (Å²) in [5, 5.41) is 10.1. The van der Waals surface area contributed by atoms with Crippen molar-refractivity contribution in [3.05, 3.63) is 23.8 Å². The minimum absolute atomic E-state index is 0.0694. The first-order valence-electron chi connectivity index (χ1n) is 13.1. The van der Waals surface area contributed by atoms with Crippen molar-refractivity contribution in [1.29, 1.82) is 0 Å². The third kappa shape index (κ3) is 3.99. The molecule has 6 heterocycles. The maximum absolute atomic E-state index is 16.4. The SMILES string of the molecule is Nc1nc2c(-c3nc4c5c(nc(OC[C@@]67CCCN6C[C@H](F)C7)nc5c3F)N(CCO)CCO4)ccc(F)c2s1. The lowest BCUT2D eigenvalue weighted by Crippen LogP contribution is -2.43. The normalized spacial score (nSPS) is 22.6. The molecule has 0 radical (unpaired) electrons. The highest BCUT2D eigenvalue weighted by molar-refractivity contribution is 7.22. The highest BCUT2D eigenvalue weighted by Gasteiger charge is 2.49. The van der Waals surface area contributed by atoms with E-state index in [1.807, 2.05) is 0 Å². The Labute approximate surface area is 230 Å². The van der Waals surface area contributed by atoms with Crippen LogP contribution in [-0.4, -0.2) is 87.7 Å². The number of benzene rings is 1. The van der Waals surface area contributed by atoms with Crippen LogP contribution in [0.25, 0.3) is 32.4 Å². The number of fused-ring (bicyclic) bond motifs is 2. The molecule has 40 heavy (non-hydrogen) atoms. The van der Waals surface area contributed by atoms with Gasteiger partial charge in [0, 0.05) is 25.1 Å². The van der Waals surface area contributed by atoms with Crippen molar-refractivity contribution in [2.45, 2.75) is 31.0 Å². The predicted molar refractivity (Wildman–Crippen MR) is 144 cm³/mol. The molecular formula is C26H26F3N7O3S. The lowest BCUT2D eigenvalue weighted by molar-refractivity contribution is 0.107. The van der Waals surface area contributed by atoms with Gasteiger partial charge < -0.3 is 25.2 Å². The van der Waals surface area contributed by atoms with Crippen LogP contribution in [0.4, 0.5) is 24.1 Å². The summed E-state index contributed by atoms with van der Waals surface area (Å²) in [6, 6.07) is 2.55. The van der Waals surface area contributed by atoms with Gasteiger partial charge >= 0.3 is 6.01 Å². The van der Waals surface area contributed by atoms with Crippen molar-refractivity contribution in [3.63, 3.8) is 0 Å². The van der Waals surface area contributed by atoms with Crippen LogP contribution in [-0.2, 0) is 0 Å². The molecule has 0 amide bonds. The van der Waals surface area contributed by atoms with Gasteiger partial charge in [0.25, 0.3) is 0 Å². The Hall–Kier alpha value is -3.49. The molecule has 2 atom stereocenters. The summed E-state index contributed by atoms with van der Waals surface area (Å²) >= 11 is 0.961. The van der Waals surface area contributed by atoms with Crippen molar-refractivity contribution in [2.75, 3.05) is 56.6 Å². The smallest absolute Gasteiger partial charge is 0.319 e. The molecule has 2 fully saturated rings. The molecule has 0 saturated carbocycles. The molecule has 3 aliphatic rings. The number of β-amino-alcohol motifs (C(OH)–C–C–N with tert-alkyl or cyclic N) is 1. The molecule has 2 saturated heterocycles. The average molecular weight is 574 g/mol. The first-order chi connectivity index (χ1) is 19.4. The van der Waals surface area contributed by atoms with Gasteiger partial charge in [0.05, 0.1) is 28.9 Å². The van der Waals surface area contributed by atoms with Crippen molar-refractivity contribution in [3.8, 4) is 23.1 Å². The first-order valence-corrected chi connectivity index (χ1v) is 14.0. The summed E-state index contributed by atoms with van der Waals surface area (Å²) in [5.41, 5.74) is 5.60. The van der Waals surface area contributed by atoms with E-state index in [0.717, 1.165) is 30.7 Å². The van der Waals surface area contributed by atoms with E-state index in [4.69, 9.17) is 15.2 Å². The number of thiazole rings is 1. The number of nitrogen functional groups attached to an aromatic ring is 1. The number of pyridine rings is 1. The Morgan fingerprint density at radius 2 is 2.05 bits per heavy atom. The van der Waals surface area contributed by atoms with E-state index in [0.29, 0.717) is 25.3 Å². The van der Waals surface area contributed by atoms with E-state index >= 15 is 4.39 Å². The standard InChI is InChI=1S/C26H26F3N7O3S/c27-13-10-26(4-1-5-36(26)11-13)12-39-25-33-20-16-22(34-25)35(6-8-37)7-9-38-23(16)31-18(17(20)29)14-2-3-15(28)21-19(14)32-24(30)40-21/h2-3,13,37H,1,4-12H2,(H2,30,32)/t13-,26+/m1/s1. The lowest BCUT2D eigenvalue weighted by atomic mass is 9.95. The number of aliphatic hydroxyl groups is 1. The fourth-order valence-electron chi connectivity index (χ4n) is 6.21. The Kier molecular flexibility index (Phi) is 6.09. The number of nitrogens with zero attached hydrogens (tertiary/aromatic N) is 6. The van der Waals surface area contributed by atoms with E-state index in [9.17, 15) is 13.9 Å². The Bertz CT molecular complexity index is 1640. The second-order valence-corrected chi connectivity index (χ2v) is 11.4. The second kappa shape index (κ2) is 9.56. The molecule has 3 aliphatic heterocycles. The van der Waals surface area contributed by atoms with Gasteiger partial charge in [0.15, 0.2) is 10.9 Å². The van der Waals surface area contributed by atoms with Crippen LogP contribution < -0.4 is 20.1 Å². The van der Waals surface area contributed by atoms with Gasteiger partial charge in [-0.05, 0) is 31.5 Å². The van der Waals surface area contributed by atoms with Crippen LogP contribution in [0.2, 0.25) is 0 Å². The zero-order chi connectivity index (χ0) is 27.6. The van der Waals surface area contributed by atoms with Crippen molar-refractivity contribution >= 4 is 43.4 Å². The molecule has 0 spiro atoms. The number of anilines is 2. The summed E-state index contributed by atoms with van der Waals surface area (Å²) < 4.78 is 57.4. The number of halogens is 3. The molecule has 0 aliphatic carbocycles. The number of ether oxygens (including phenoxy) is 2. The number of rotatable bonds is 6.